The zero-order valence-corrected chi connectivity index (χ0v) is 15.6. The van der Waals surface area contributed by atoms with Gasteiger partial charge in [-0.2, -0.15) is 0 Å². The van der Waals surface area contributed by atoms with Gasteiger partial charge in [0.25, 0.3) is 0 Å². The third kappa shape index (κ3) is 6.42. The lowest BCUT2D eigenvalue weighted by Gasteiger charge is -2.26. The van der Waals surface area contributed by atoms with E-state index in [-0.39, 0.29) is 18.3 Å². The molecule has 1 atom stereocenters. The van der Waals surface area contributed by atoms with E-state index in [9.17, 15) is 9.90 Å². The first-order valence-corrected chi connectivity index (χ1v) is 8.83. The van der Waals surface area contributed by atoms with Crippen LogP contribution in [0.2, 0.25) is 0 Å². The SMILES string of the molecule is CCN(CC(O)c1ccc(C)cc1)C(=O)CCC1CCNCC1.Cl. The lowest BCUT2D eigenvalue weighted by Crippen LogP contribution is -2.35. The highest BCUT2D eigenvalue weighted by Gasteiger charge is 2.19. The maximum atomic E-state index is 12.4. The first-order valence-electron chi connectivity index (χ1n) is 8.83. The van der Waals surface area contributed by atoms with Gasteiger partial charge in [-0.3, -0.25) is 4.79 Å². The van der Waals surface area contributed by atoms with Crippen molar-refractivity contribution in [1.29, 1.82) is 0 Å². The molecular formula is C19H31ClN2O2. The molecular weight excluding hydrogens is 324 g/mol. The number of rotatable bonds is 7. The number of likely N-dealkylation sites (N-methyl/N-ethyl adjacent to an activating group) is 1. The monoisotopic (exact) mass is 354 g/mol. The van der Waals surface area contributed by atoms with Gasteiger partial charge in [-0.1, -0.05) is 29.8 Å². The van der Waals surface area contributed by atoms with Gasteiger partial charge < -0.3 is 15.3 Å². The molecule has 5 heteroatoms. The zero-order valence-electron chi connectivity index (χ0n) is 14.8. The molecule has 1 fully saturated rings. The number of aryl methyl sites for hydroxylation is 1. The number of benzene rings is 1. The molecule has 4 nitrogen and oxygen atoms in total. The Morgan fingerprint density at radius 1 is 1.29 bits per heavy atom. The van der Waals surface area contributed by atoms with Crippen LogP contribution in [-0.2, 0) is 4.79 Å². The summed E-state index contributed by atoms with van der Waals surface area (Å²) in [5.41, 5.74) is 2.05. The van der Waals surface area contributed by atoms with Crippen LogP contribution < -0.4 is 5.32 Å². The van der Waals surface area contributed by atoms with Crippen molar-refractivity contribution in [3.05, 3.63) is 35.4 Å². The van der Waals surface area contributed by atoms with Gasteiger partial charge >= 0.3 is 0 Å². The first-order chi connectivity index (χ1) is 11.1. The van der Waals surface area contributed by atoms with Crippen LogP contribution in [0.5, 0.6) is 0 Å². The van der Waals surface area contributed by atoms with Crippen LogP contribution in [0.1, 0.15) is 49.8 Å². The zero-order chi connectivity index (χ0) is 16.7. The molecule has 0 bridgehead atoms. The van der Waals surface area contributed by atoms with Crippen molar-refractivity contribution in [3.8, 4) is 0 Å². The van der Waals surface area contributed by atoms with E-state index in [1.807, 2.05) is 38.1 Å². The Bertz CT molecular complexity index is 487. The van der Waals surface area contributed by atoms with Crippen molar-refractivity contribution in [2.75, 3.05) is 26.2 Å². The Morgan fingerprint density at radius 3 is 2.50 bits per heavy atom. The Balaban J connectivity index is 0.00000288. The van der Waals surface area contributed by atoms with Crippen LogP contribution in [0.25, 0.3) is 0 Å². The largest absolute Gasteiger partial charge is 0.387 e. The molecule has 0 spiro atoms. The molecule has 1 aromatic carbocycles. The number of nitrogens with one attached hydrogen (secondary N) is 1. The summed E-state index contributed by atoms with van der Waals surface area (Å²) in [4.78, 5) is 14.2. The van der Waals surface area contributed by atoms with Crippen molar-refractivity contribution in [1.82, 2.24) is 10.2 Å². The van der Waals surface area contributed by atoms with Gasteiger partial charge in [-0.25, -0.2) is 0 Å². The number of hydrogen-bond donors (Lipinski definition) is 2. The van der Waals surface area contributed by atoms with Gasteiger partial charge in [0, 0.05) is 13.0 Å². The van der Waals surface area contributed by atoms with Crippen molar-refractivity contribution in [2.24, 2.45) is 5.92 Å². The van der Waals surface area contributed by atoms with Crippen molar-refractivity contribution in [2.45, 2.75) is 45.6 Å². The fraction of sp³-hybridized carbons (Fsp3) is 0.632. The molecule has 1 aromatic rings. The molecule has 1 aliphatic rings. The van der Waals surface area contributed by atoms with Gasteiger partial charge in [-0.15, -0.1) is 12.4 Å². The summed E-state index contributed by atoms with van der Waals surface area (Å²) in [6.45, 7) is 7.17. The minimum Gasteiger partial charge on any atom is -0.387 e. The van der Waals surface area contributed by atoms with E-state index >= 15 is 0 Å². The van der Waals surface area contributed by atoms with Crippen LogP contribution in [0.3, 0.4) is 0 Å². The summed E-state index contributed by atoms with van der Waals surface area (Å²) in [6.07, 6.45) is 3.30. The van der Waals surface area contributed by atoms with E-state index in [0.29, 0.717) is 25.4 Å². The summed E-state index contributed by atoms with van der Waals surface area (Å²) in [5.74, 6) is 0.832. The molecule has 24 heavy (non-hydrogen) atoms. The number of amides is 1. The lowest BCUT2D eigenvalue weighted by molar-refractivity contribution is -0.132. The predicted octanol–water partition coefficient (Wildman–Crippen LogP) is 3.08. The van der Waals surface area contributed by atoms with Crippen LogP contribution >= 0.6 is 12.4 Å². The summed E-state index contributed by atoms with van der Waals surface area (Å²) in [5, 5.41) is 13.7. The third-order valence-electron chi connectivity index (χ3n) is 4.82. The van der Waals surface area contributed by atoms with E-state index in [2.05, 4.69) is 5.32 Å². The van der Waals surface area contributed by atoms with Crippen LogP contribution in [0.15, 0.2) is 24.3 Å². The maximum absolute atomic E-state index is 12.4. The molecule has 1 amide bonds. The summed E-state index contributed by atoms with van der Waals surface area (Å²) < 4.78 is 0. The highest BCUT2D eigenvalue weighted by Crippen LogP contribution is 2.20. The number of halogens is 1. The molecule has 1 aliphatic heterocycles. The average molecular weight is 355 g/mol. The Morgan fingerprint density at radius 2 is 1.92 bits per heavy atom. The average Bonchev–Trinajstić information content (AvgIpc) is 2.59. The molecule has 2 N–H and O–H groups in total. The van der Waals surface area contributed by atoms with Gasteiger partial charge in [0.2, 0.25) is 5.91 Å². The Labute approximate surface area is 152 Å². The maximum Gasteiger partial charge on any atom is 0.222 e. The molecule has 0 aromatic heterocycles. The predicted molar refractivity (Wildman–Crippen MR) is 100 cm³/mol. The number of carbonyl (C=O) groups is 1. The minimum atomic E-state index is -0.613. The Hall–Kier alpha value is -1.10. The van der Waals surface area contributed by atoms with Crippen molar-refractivity contribution in [3.63, 3.8) is 0 Å². The van der Waals surface area contributed by atoms with E-state index in [4.69, 9.17) is 0 Å². The molecule has 136 valence electrons. The standard InChI is InChI=1S/C19H30N2O2.ClH/c1-3-21(14-18(22)17-7-4-15(2)5-8-17)19(23)9-6-16-10-12-20-13-11-16;/h4-5,7-8,16,18,20,22H,3,6,9-14H2,1-2H3;1H. The van der Waals surface area contributed by atoms with Crippen LogP contribution in [0, 0.1) is 12.8 Å². The smallest absolute Gasteiger partial charge is 0.222 e. The van der Waals surface area contributed by atoms with E-state index in [1.54, 1.807) is 4.90 Å². The normalized spacial score (nSPS) is 16.3. The molecule has 0 saturated carbocycles. The number of carbonyl (C=O) groups excluding carboxylic acids is 1. The number of aliphatic hydroxyl groups excluding tert-OH is 1. The number of piperidine rings is 1. The van der Waals surface area contributed by atoms with E-state index in [0.717, 1.165) is 25.1 Å². The molecule has 0 aliphatic carbocycles. The quantitative estimate of drug-likeness (QED) is 0.791. The topological polar surface area (TPSA) is 52.6 Å². The lowest BCUT2D eigenvalue weighted by atomic mass is 9.93. The highest BCUT2D eigenvalue weighted by atomic mass is 35.5. The second-order valence-electron chi connectivity index (χ2n) is 6.59. The third-order valence-corrected chi connectivity index (χ3v) is 4.82. The van der Waals surface area contributed by atoms with Gasteiger partial charge in [0.1, 0.15) is 0 Å². The van der Waals surface area contributed by atoms with Crippen molar-refractivity contribution < 1.29 is 9.90 Å². The molecule has 1 saturated heterocycles. The van der Waals surface area contributed by atoms with Gasteiger partial charge in [-0.05, 0) is 57.7 Å². The molecule has 2 rings (SSSR count). The van der Waals surface area contributed by atoms with Crippen LogP contribution in [0.4, 0.5) is 0 Å². The Kier molecular flexibility index (Phi) is 9.34. The van der Waals surface area contributed by atoms with Gasteiger partial charge in [0.05, 0.1) is 12.6 Å². The highest BCUT2D eigenvalue weighted by molar-refractivity contribution is 5.85. The number of aliphatic hydroxyl groups is 1. The summed E-state index contributed by atoms with van der Waals surface area (Å²) >= 11 is 0. The fourth-order valence-electron chi connectivity index (χ4n) is 3.17. The van der Waals surface area contributed by atoms with Crippen LogP contribution in [-0.4, -0.2) is 42.1 Å². The molecule has 1 unspecified atom stereocenters. The number of hydrogen-bond acceptors (Lipinski definition) is 3. The number of nitrogens with zero attached hydrogens (tertiary/aromatic N) is 1. The summed E-state index contributed by atoms with van der Waals surface area (Å²) in [6, 6.07) is 7.86. The minimum absolute atomic E-state index is 0. The van der Waals surface area contributed by atoms with E-state index in [1.165, 1.54) is 18.4 Å². The van der Waals surface area contributed by atoms with E-state index < -0.39 is 6.10 Å². The second kappa shape index (κ2) is 10.7. The van der Waals surface area contributed by atoms with Crippen molar-refractivity contribution >= 4 is 18.3 Å². The van der Waals surface area contributed by atoms with Gasteiger partial charge in [0.15, 0.2) is 0 Å². The second-order valence-corrected chi connectivity index (χ2v) is 6.59. The fourth-order valence-corrected chi connectivity index (χ4v) is 3.17. The molecule has 1 heterocycles. The summed E-state index contributed by atoms with van der Waals surface area (Å²) in [7, 11) is 0. The molecule has 0 radical (unpaired) electrons. The first kappa shape index (κ1) is 20.9.